The van der Waals surface area contributed by atoms with E-state index in [1.165, 1.54) is 37.2 Å². The van der Waals surface area contributed by atoms with Gasteiger partial charge in [-0.2, -0.15) is 11.8 Å². The van der Waals surface area contributed by atoms with E-state index in [9.17, 15) is 0 Å². The molecule has 3 atom stereocenters. The smallest absolute Gasteiger partial charge is 0.0212 e. The van der Waals surface area contributed by atoms with Crippen molar-refractivity contribution in [3.05, 3.63) is 0 Å². The number of nitrogens with one attached hydrogen (secondary N) is 1. The molecule has 2 heteroatoms. The molecule has 1 heterocycles. The fourth-order valence-corrected chi connectivity index (χ4v) is 5.20. The summed E-state index contributed by atoms with van der Waals surface area (Å²) in [5, 5.41) is 3.99. The Bertz CT molecular complexity index is 241. The molecule has 0 aromatic heterocycles. The second-order valence-electron chi connectivity index (χ2n) is 7.15. The van der Waals surface area contributed by atoms with Gasteiger partial charge in [-0.15, -0.1) is 0 Å². The van der Waals surface area contributed by atoms with Gasteiger partial charge in [0.05, 0.1) is 0 Å². The molecule has 2 aliphatic rings. The van der Waals surface area contributed by atoms with Crippen molar-refractivity contribution >= 4 is 11.8 Å². The summed E-state index contributed by atoms with van der Waals surface area (Å²) in [4.78, 5) is 0. The van der Waals surface area contributed by atoms with Gasteiger partial charge in [0.25, 0.3) is 0 Å². The van der Waals surface area contributed by atoms with Gasteiger partial charge in [0.1, 0.15) is 0 Å². The number of hydrogen-bond donors (Lipinski definition) is 1. The van der Waals surface area contributed by atoms with E-state index in [1.807, 2.05) is 0 Å². The molecule has 0 radical (unpaired) electrons. The Morgan fingerprint density at radius 1 is 1.06 bits per heavy atom. The van der Waals surface area contributed by atoms with Crippen LogP contribution < -0.4 is 5.32 Å². The van der Waals surface area contributed by atoms with Crippen LogP contribution in [0.2, 0.25) is 0 Å². The van der Waals surface area contributed by atoms with Crippen molar-refractivity contribution in [3.8, 4) is 0 Å². The molecule has 1 N–H and O–H groups in total. The third-order valence-corrected chi connectivity index (χ3v) is 5.80. The van der Waals surface area contributed by atoms with Crippen LogP contribution in [-0.2, 0) is 0 Å². The highest BCUT2D eigenvalue weighted by Crippen LogP contribution is 2.36. The zero-order valence-corrected chi connectivity index (χ0v) is 12.8. The van der Waals surface area contributed by atoms with Gasteiger partial charge in [0, 0.05) is 17.8 Å². The van der Waals surface area contributed by atoms with Crippen LogP contribution in [0, 0.1) is 17.3 Å². The van der Waals surface area contributed by atoms with Crippen LogP contribution in [0.3, 0.4) is 0 Å². The third kappa shape index (κ3) is 3.64. The normalized spacial score (nSPS) is 42.4. The first kappa shape index (κ1) is 13.7. The zero-order chi connectivity index (χ0) is 12.5. The first-order valence-electron chi connectivity index (χ1n) is 7.31. The van der Waals surface area contributed by atoms with Crippen LogP contribution in [0.1, 0.15) is 53.4 Å². The number of hydrogen-bond acceptors (Lipinski definition) is 2. The predicted octanol–water partition coefficient (Wildman–Crippen LogP) is 3.93. The monoisotopic (exact) mass is 255 g/mol. The van der Waals surface area contributed by atoms with Crippen molar-refractivity contribution in [2.24, 2.45) is 17.3 Å². The Kier molecular flexibility index (Phi) is 4.46. The molecule has 17 heavy (non-hydrogen) atoms. The summed E-state index contributed by atoms with van der Waals surface area (Å²) in [6.07, 6.45) is 5.58. The molecular weight excluding hydrogens is 226 g/mol. The van der Waals surface area contributed by atoms with Gasteiger partial charge in [-0.05, 0) is 48.7 Å². The average Bonchev–Trinajstić information content (AvgIpc) is 2.19. The Balaban J connectivity index is 1.90. The molecule has 1 aliphatic heterocycles. The highest BCUT2D eigenvalue weighted by atomic mass is 32.2. The second-order valence-corrected chi connectivity index (χ2v) is 8.30. The van der Waals surface area contributed by atoms with Gasteiger partial charge in [-0.1, -0.05) is 27.7 Å². The third-order valence-electron chi connectivity index (χ3n) is 4.73. The average molecular weight is 255 g/mol. The predicted molar refractivity (Wildman–Crippen MR) is 78.6 cm³/mol. The van der Waals surface area contributed by atoms with E-state index < -0.39 is 0 Å². The molecule has 0 aromatic rings. The van der Waals surface area contributed by atoms with Crippen molar-refractivity contribution in [2.45, 2.75) is 65.5 Å². The van der Waals surface area contributed by atoms with Gasteiger partial charge in [0.15, 0.2) is 0 Å². The molecule has 100 valence electrons. The van der Waals surface area contributed by atoms with Crippen LogP contribution in [-0.4, -0.2) is 23.6 Å². The van der Waals surface area contributed by atoms with E-state index in [2.05, 4.69) is 44.8 Å². The summed E-state index contributed by atoms with van der Waals surface area (Å²) >= 11 is 2.13. The zero-order valence-electron chi connectivity index (χ0n) is 12.0. The Labute approximate surface area is 112 Å². The second kappa shape index (κ2) is 5.52. The van der Waals surface area contributed by atoms with E-state index in [1.54, 1.807) is 0 Å². The van der Waals surface area contributed by atoms with Crippen molar-refractivity contribution in [1.29, 1.82) is 0 Å². The van der Waals surface area contributed by atoms with Crippen LogP contribution >= 0.6 is 11.8 Å². The maximum Gasteiger partial charge on any atom is 0.0212 e. The lowest BCUT2D eigenvalue weighted by Crippen LogP contribution is -2.52. The first-order valence-corrected chi connectivity index (χ1v) is 8.46. The quantitative estimate of drug-likeness (QED) is 0.802. The van der Waals surface area contributed by atoms with Crippen LogP contribution in [0.5, 0.6) is 0 Å². The van der Waals surface area contributed by atoms with E-state index in [4.69, 9.17) is 0 Å². The highest BCUT2D eigenvalue weighted by Gasteiger charge is 2.35. The van der Waals surface area contributed by atoms with E-state index >= 15 is 0 Å². The van der Waals surface area contributed by atoms with Gasteiger partial charge in [-0.3, -0.25) is 0 Å². The Morgan fingerprint density at radius 2 is 1.71 bits per heavy atom. The summed E-state index contributed by atoms with van der Waals surface area (Å²) in [5.41, 5.74) is 0.495. The van der Waals surface area contributed by atoms with E-state index in [0.717, 1.165) is 23.9 Å². The fourth-order valence-electron chi connectivity index (χ4n) is 3.58. The van der Waals surface area contributed by atoms with Gasteiger partial charge in [0.2, 0.25) is 0 Å². The summed E-state index contributed by atoms with van der Waals surface area (Å²) in [6.45, 7) is 9.73. The van der Waals surface area contributed by atoms with Crippen LogP contribution in [0.15, 0.2) is 0 Å². The molecule has 0 amide bonds. The van der Waals surface area contributed by atoms with Gasteiger partial charge >= 0.3 is 0 Å². The molecule has 0 bridgehead atoms. The van der Waals surface area contributed by atoms with Crippen LogP contribution in [0.4, 0.5) is 0 Å². The maximum absolute atomic E-state index is 3.99. The summed E-state index contributed by atoms with van der Waals surface area (Å²) in [5.74, 6) is 4.49. The van der Waals surface area contributed by atoms with Crippen LogP contribution in [0.25, 0.3) is 0 Å². The molecule has 3 unspecified atom stereocenters. The minimum atomic E-state index is 0.495. The van der Waals surface area contributed by atoms with Crippen molar-refractivity contribution < 1.29 is 0 Å². The molecule has 0 aromatic carbocycles. The molecule has 1 aliphatic carbocycles. The molecule has 1 saturated carbocycles. The lowest BCUT2D eigenvalue weighted by Gasteiger charge is -2.43. The highest BCUT2D eigenvalue weighted by molar-refractivity contribution is 7.99. The number of rotatable bonds is 2. The summed E-state index contributed by atoms with van der Waals surface area (Å²) in [7, 11) is 0. The lowest BCUT2D eigenvalue weighted by molar-refractivity contribution is 0.175. The molecule has 0 spiro atoms. The summed E-state index contributed by atoms with van der Waals surface area (Å²) < 4.78 is 0. The SMILES string of the molecule is CC1CC(C)CC(NC2CSCCC2(C)C)C1. The molecule has 1 nitrogen and oxygen atoms in total. The van der Waals surface area contributed by atoms with Crippen molar-refractivity contribution in [1.82, 2.24) is 5.32 Å². The van der Waals surface area contributed by atoms with E-state index in [-0.39, 0.29) is 0 Å². The Morgan fingerprint density at radius 3 is 2.29 bits per heavy atom. The molecule has 2 rings (SSSR count). The molecule has 1 saturated heterocycles. The molecule has 2 fully saturated rings. The van der Waals surface area contributed by atoms with Gasteiger partial charge in [-0.25, -0.2) is 0 Å². The maximum atomic E-state index is 3.99. The van der Waals surface area contributed by atoms with Crippen molar-refractivity contribution in [2.75, 3.05) is 11.5 Å². The standard InChI is InChI=1S/C15H29NS/c1-11-7-12(2)9-13(8-11)16-14-10-17-6-5-15(14,3)4/h11-14,16H,5-10H2,1-4H3. The Hall–Kier alpha value is 0.310. The minimum Gasteiger partial charge on any atom is -0.310 e. The fraction of sp³-hybridized carbons (Fsp3) is 1.00. The van der Waals surface area contributed by atoms with Gasteiger partial charge < -0.3 is 5.32 Å². The number of thioether (sulfide) groups is 1. The van der Waals surface area contributed by atoms with E-state index in [0.29, 0.717) is 5.41 Å². The molecular formula is C15H29NS. The minimum absolute atomic E-state index is 0.495. The lowest BCUT2D eigenvalue weighted by atomic mass is 9.77. The summed E-state index contributed by atoms with van der Waals surface area (Å²) in [6, 6.07) is 1.50. The van der Waals surface area contributed by atoms with Crippen molar-refractivity contribution in [3.63, 3.8) is 0 Å². The largest absolute Gasteiger partial charge is 0.310 e. The topological polar surface area (TPSA) is 12.0 Å². The first-order chi connectivity index (χ1) is 7.97.